The minimum Gasteiger partial charge on any atom is -0.450 e. The normalized spacial score (nSPS) is 14.6. The summed E-state index contributed by atoms with van der Waals surface area (Å²) in [5.41, 5.74) is 0. The second-order valence-corrected chi connectivity index (χ2v) is 6.48. The number of piperazine rings is 1. The number of rotatable bonds is 8. The molecule has 0 bridgehead atoms. The zero-order chi connectivity index (χ0) is 18.8. The van der Waals surface area contributed by atoms with Gasteiger partial charge in [0.05, 0.1) is 6.61 Å². The first-order valence-electron chi connectivity index (χ1n) is 8.94. The average Bonchev–Trinajstić information content (AvgIpc) is 2.57. The van der Waals surface area contributed by atoms with Gasteiger partial charge in [0.2, 0.25) is 11.8 Å². The number of amides is 3. The van der Waals surface area contributed by atoms with E-state index in [1.54, 1.807) is 21.6 Å². The van der Waals surface area contributed by atoms with Gasteiger partial charge in [-0.25, -0.2) is 4.79 Å². The number of carbonyl (C=O) groups is 3. The van der Waals surface area contributed by atoms with E-state index in [1.807, 2.05) is 14.1 Å². The minimum atomic E-state index is -0.321. The molecule has 0 radical (unpaired) electrons. The monoisotopic (exact) mass is 356 g/mol. The Kier molecular flexibility index (Phi) is 9.26. The fourth-order valence-electron chi connectivity index (χ4n) is 2.75. The largest absolute Gasteiger partial charge is 0.450 e. The highest BCUT2D eigenvalue weighted by Crippen LogP contribution is 2.07. The lowest BCUT2D eigenvalue weighted by atomic mass is 10.2. The molecule has 0 aliphatic carbocycles. The maximum absolute atomic E-state index is 12.4. The molecule has 0 atom stereocenters. The number of hydrogen-bond donors (Lipinski definition) is 0. The van der Waals surface area contributed by atoms with Gasteiger partial charge in [0.25, 0.3) is 0 Å². The van der Waals surface area contributed by atoms with Crippen molar-refractivity contribution in [3.8, 4) is 0 Å². The van der Waals surface area contributed by atoms with E-state index in [-0.39, 0.29) is 17.9 Å². The van der Waals surface area contributed by atoms with E-state index in [1.165, 1.54) is 6.92 Å². The third kappa shape index (κ3) is 7.72. The number of carbonyl (C=O) groups excluding carboxylic acids is 3. The molecule has 0 aromatic rings. The van der Waals surface area contributed by atoms with Crippen molar-refractivity contribution >= 4 is 17.9 Å². The summed E-state index contributed by atoms with van der Waals surface area (Å²) in [6.45, 7) is 7.69. The summed E-state index contributed by atoms with van der Waals surface area (Å²) < 4.78 is 4.97. The van der Waals surface area contributed by atoms with Crippen LogP contribution in [0.3, 0.4) is 0 Å². The molecule has 0 unspecified atom stereocenters. The molecular weight excluding hydrogens is 324 g/mol. The first-order valence-corrected chi connectivity index (χ1v) is 8.94. The van der Waals surface area contributed by atoms with Crippen molar-refractivity contribution in [3.05, 3.63) is 0 Å². The highest BCUT2D eigenvalue weighted by molar-refractivity contribution is 5.78. The molecule has 8 nitrogen and oxygen atoms in total. The summed E-state index contributed by atoms with van der Waals surface area (Å²) in [5.74, 6) is 0.0288. The number of nitrogens with zero attached hydrogens (tertiary/aromatic N) is 4. The standard InChI is InChI=1S/C17H32N4O4/c1-5-25-17(24)21-13-11-20(12-14-21)16(23)7-10-19(15(2)22)9-6-8-18(3)4/h5-14H2,1-4H3. The van der Waals surface area contributed by atoms with Gasteiger partial charge in [0.1, 0.15) is 0 Å². The Hall–Kier alpha value is -1.83. The van der Waals surface area contributed by atoms with Crippen molar-refractivity contribution in [1.29, 1.82) is 0 Å². The molecule has 0 saturated carbocycles. The highest BCUT2D eigenvalue weighted by atomic mass is 16.6. The fraction of sp³-hybridized carbons (Fsp3) is 0.824. The zero-order valence-electron chi connectivity index (χ0n) is 16.0. The van der Waals surface area contributed by atoms with Crippen LogP contribution in [0.15, 0.2) is 0 Å². The Labute approximate surface area is 150 Å². The third-order valence-electron chi connectivity index (χ3n) is 4.23. The van der Waals surface area contributed by atoms with Crippen LogP contribution in [-0.2, 0) is 14.3 Å². The van der Waals surface area contributed by atoms with Gasteiger partial charge in [0, 0.05) is 52.6 Å². The van der Waals surface area contributed by atoms with Crippen LogP contribution in [0.2, 0.25) is 0 Å². The van der Waals surface area contributed by atoms with Crippen LogP contribution in [0.25, 0.3) is 0 Å². The van der Waals surface area contributed by atoms with E-state index in [2.05, 4.69) is 4.90 Å². The van der Waals surface area contributed by atoms with Gasteiger partial charge >= 0.3 is 6.09 Å². The van der Waals surface area contributed by atoms with Gasteiger partial charge in [-0.15, -0.1) is 0 Å². The lowest BCUT2D eigenvalue weighted by Crippen LogP contribution is -2.51. The maximum atomic E-state index is 12.4. The summed E-state index contributed by atoms with van der Waals surface area (Å²) in [4.78, 5) is 42.9. The average molecular weight is 356 g/mol. The van der Waals surface area contributed by atoms with E-state index < -0.39 is 0 Å². The van der Waals surface area contributed by atoms with Crippen LogP contribution in [0.4, 0.5) is 4.79 Å². The van der Waals surface area contributed by atoms with Crippen molar-refractivity contribution in [2.45, 2.75) is 26.7 Å². The molecule has 0 aromatic heterocycles. The predicted octanol–water partition coefficient (Wildman–Crippen LogP) is 0.477. The molecule has 1 rings (SSSR count). The van der Waals surface area contributed by atoms with Gasteiger partial charge < -0.3 is 24.3 Å². The highest BCUT2D eigenvalue weighted by Gasteiger charge is 2.25. The molecule has 8 heteroatoms. The second-order valence-electron chi connectivity index (χ2n) is 6.48. The molecule has 0 spiro atoms. The molecule has 3 amide bonds. The van der Waals surface area contributed by atoms with E-state index in [0.717, 1.165) is 13.0 Å². The van der Waals surface area contributed by atoms with Gasteiger partial charge in [-0.2, -0.15) is 0 Å². The quantitative estimate of drug-likeness (QED) is 0.632. The van der Waals surface area contributed by atoms with Gasteiger partial charge in [0.15, 0.2) is 0 Å². The molecular formula is C17H32N4O4. The Morgan fingerprint density at radius 2 is 1.56 bits per heavy atom. The van der Waals surface area contributed by atoms with Crippen LogP contribution >= 0.6 is 0 Å². The molecule has 0 N–H and O–H groups in total. The summed E-state index contributed by atoms with van der Waals surface area (Å²) in [6.07, 6.45) is 0.887. The smallest absolute Gasteiger partial charge is 0.409 e. The Morgan fingerprint density at radius 3 is 2.08 bits per heavy atom. The summed E-state index contributed by atoms with van der Waals surface area (Å²) >= 11 is 0. The van der Waals surface area contributed by atoms with Crippen LogP contribution in [0.5, 0.6) is 0 Å². The van der Waals surface area contributed by atoms with E-state index >= 15 is 0 Å². The van der Waals surface area contributed by atoms with E-state index in [0.29, 0.717) is 52.3 Å². The fourth-order valence-corrected chi connectivity index (χ4v) is 2.75. The SMILES string of the molecule is CCOC(=O)N1CCN(C(=O)CCN(CCCN(C)C)C(C)=O)CC1. The molecule has 144 valence electrons. The second kappa shape index (κ2) is 10.9. The number of ether oxygens (including phenoxy) is 1. The van der Waals surface area contributed by atoms with Crippen LogP contribution in [0, 0.1) is 0 Å². The predicted molar refractivity (Wildman–Crippen MR) is 95.2 cm³/mol. The molecule has 1 aliphatic rings. The lowest BCUT2D eigenvalue weighted by molar-refractivity contribution is -0.134. The summed E-state index contributed by atoms with van der Waals surface area (Å²) in [7, 11) is 4.00. The zero-order valence-corrected chi connectivity index (χ0v) is 16.0. The van der Waals surface area contributed by atoms with Crippen molar-refractivity contribution in [2.75, 3.05) is 66.5 Å². The molecule has 0 aromatic carbocycles. The van der Waals surface area contributed by atoms with Crippen LogP contribution in [0.1, 0.15) is 26.7 Å². The third-order valence-corrected chi connectivity index (χ3v) is 4.23. The summed E-state index contributed by atoms with van der Waals surface area (Å²) in [6, 6.07) is 0. The van der Waals surface area contributed by atoms with E-state index in [4.69, 9.17) is 4.74 Å². The maximum Gasteiger partial charge on any atom is 0.409 e. The first-order chi connectivity index (χ1) is 11.8. The molecule has 25 heavy (non-hydrogen) atoms. The molecule has 1 aliphatic heterocycles. The lowest BCUT2D eigenvalue weighted by Gasteiger charge is -2.34. The Bertz CT molecular complexity index is 448. The Balaban J connectivity index is 2.35. The van der Waals surface area contributed by atoms with Gasteiger partial charge in [-0.1, -0.05) is 0 Å². The van der Waals surface area contributed by atoms with Crippen LogP contribution in [-0.4, -0.2) is 104 Å². The molecule has 1 heterocycles. The van der Waals surface area contributed by atoms with E-state index in [9.17, 15) is 14.4 Å². The molecule has 1 saturated heterocycles. The van der Waals surface area contributed by atoms with Crippen molar-refractivity contribution in [2.24, 2.45) is 0 Å². The van der Waals surface area contributed by atoms with Crippen LogP contribution < -0.4 is 0 Å². The summed E-state index contributed by atoms with van der Waals surface area (Å²) in [5, 5.41) is 0. The topological polar surface area (TPSA) is 73.4 Å². The Morgan fingerprint density at radius 1 is 0.960 bits per heavy atom. The van der Waals surface area contributed by atoms with Crippen molar-refractivity contribution in [1.82, 2.24) is 19.6 Å². The van der Waals surface area contributed by atoms with Crippen molar-refractivity contribution < 1.29 is 19.1 Å². The molecule has 1 fully saturated rings. The first kappa shape index (κ1) is 21.2. The minimum absolute atomic E-state index is 0.00122. The van der Waals surface area contributed by atoms with Gasteiger partial charge in [-0.05, 0) is 34.0 Å². The van der Waals surface area contributed by atoms with Gasteiger partial charge in [-0.3, -0.25) is 9.59 Å². The van der Waals surface area contributed by atoms with Crippen molar-refractivity contribution in [3.63, 3.8) is 0 Å². The number of hydrogen-bond acceptors (Lipinski definition) is 5.